The maximum Gasteiger partial charge on any atom is 0.164 e. The summed E-state index contributed by atoms with van der Waals surface area (Å²) in [4.78, 5) is 0. The average Bonchev–Trinajstić information content (AvgIpc) is 2.50. The molecule has 0 nitrogen and oxygen atoms in total. The fraction of sp³-hybridized carbons (Fsp3) is 0.667. The van der Waals surface area contributed by atoms with Gasteiger partial charge in [-0.15, -0.1) is 0 Å². The molecule has 0 N–H and O–H groups in total. The van der Waals surface area contributed by atoms with E-state index in [1.165, 1.54) is 38.7 Å². The van der Waals surface area contributed by atoms with Crippen molar-refractivity contribution in [2.75, 3.05) is 0 Å². The Morgan fingerprint density at radius 2 is 1.67 bits per heavy atom. The van der Waals surface area contributed by atoms with Crippen LogP contribution in [0.2, 0.25) is 0 Å². The zero-order valence-corrected chi connectivity index (χ0v) is 13.0. The number of halogens is 3. The summed E-state index contributed by atoms with van der Waals surface area (Å²) in [6.07, 6.45) is 8.76. The van der Waals surface area contributed by atoms with Crippen molar-refractivity contribution in [3.63, 3.8) is 0 Å². The Morgan fingerprint density at radius 1 is 1.00 bits per heavy atom. The Balaban J connectivity index is 1.99. The second-order valence-electron chi connectivity index (χ2n) is 6.41. The zero-order chi connectivity index (χ0) is 15.4. The third-order valence-corrected chi connectivity index (χ3v) is 4.92. The van der Waals surface area contributed by atoms with Gasteiger partial charge in [-0.1, -0.05) is 32.6 Å². The summed E-state index contributed by atoms with van der Waals surface area (Å²) >= 11 is 0. The van der Waals surface area contributed by atoms with Crippen molar-refractivity contribution in [2.45, 2.75) is 71.1 Å². The van der Waals surface area contributed by atoms with Crippen molar-refractivity contribution >= 4 is 0 Å². The number of benzene rings is 1. The summed E-state index contributed by atoms with van der Waals surface area (Å²) in [6.45, 7) is 3.47. The van der Waals surface area contributed by atoms with E-state index < -0.39 is 17.5 Å². The quantitative estimate of drug-likeness (QED) is 0.444. The molecule has 0 saturated heterocycles. The molecule has 3 heteroatoms. The lowest BCUT2D eigenvalue weighted by molar-refractivity contribution is 0.297. The molecule has 0 radical (unpaired) electrons. The zero-order valence-electron chi connectivity index (χ0n) is 13.0. The minimum atomic E-state index is -1.02. The highest BCUT2D eigenvalue weighted by Crippen LogP contribution is 2.39. The number of hydrogen-bond donors (Lipinski definition) is 0. The maximum absolute atomic E-state index is 14.0. The van der Waals surface area contributed by atoms with E-state index in [0.29, 0.717) is 5.92 Å². The van der Waals surface area contributed by atoms with Crippen LogP contribution in [-0.2, 0) is 0 Å². The largest absolute Gasteiger partial charge is 0.207 e. The first kappa shape index (κ1) is 16.4. The molecule has 1 saturated carbocycles. The van der Waals surface area contributed by atoms with Gasteiger partial charge in [-0.2, -0.15) is 0 Å². The molecule has 0 amide bonds. The van der Waals surface area contributed by atoms with Crippen LogP contribution in [0.1, 0.15) is 75.3 Å². The molecular weight excluding hydrogens is 273 g/mol. The summed E-state index contributed by atoms with van der Waals surface area (Å²) in [7, 11) is 0. The van der Waals surface area contributed by atoms with Crippen LogP contribution in [0.15, 0.2) is 6.07 Å². The number of rotatable bonds is 5. The van der Waals surface area contributed by atoms with Gasteiger partial charge in [-0.05, 0) is 56.1 Å². The van der Waals surface area contributed by atoms with Crippen LogP contribution in [0.3, 0.4) is 0 Å². The predicted molar refractivity (Wildman–Crippen MR) is 79.9 cm³/mol. The Labute approximate surface area is 125 Å². The number of hydrogen-bond acceptors (Lipinski definition) is 0. The highest BCUT2D eigenvalue weighted by Gasteiger charge is 2.27. The Morgan fingerprint density at radius 3 is 2.29 bits per heavy atom. The summed E-state index contributed by atoms with van der Waals surface area (Å²) < 4.78 is 41.4. The van der Waals surface area contributed by atoms with Crippen LogP contribution in [0.4, 0.5) is 13.2 Å². The van der Waals surface area contributed by atoms with Gasteiger partial charge in [0.15, 0.2) is 11.6 Å². The molecule has 0 aliphatic heterocycles. The fourth-order valence-corrected chi connectivity index (χ4v) is 3.45. The highest BCUT2D eigenvalue weighted by molar-refractivity contribution is 5.30. The molecule has 1 aliphatic carbocycles. The standard InChI is InChI=1S/C18H25F3/c1-3-4-5-6-13-7-9-14(10-8-13)15-11-16(19)12(2)17(20)18(15)21/h11,13-14H,3-10H2,1-2H3. The maximum atomic E-state index is 14.0. The van der Waals surface area contributed by atoms with Gasteiger partial charge in [0, 0.05) is 5.56 Å². The SMILES string of the molecule is CCCCCC1CCC(c2cc(F)c(C)c(F)c2F)CC1. The van der Waals surface area contributed by atoms with Crippen molar-refractivity contribution in [3.05, 3.63) is 34.6 Å². The van der Waals surface area contributed by atoms with Gasteiger partial charge >= 0.3 is 0 Å². The molecule has 21 heavy (non-hydrogen) atoms. The average molecular weight is 298 g/mol. The van der Waals surface area contributed by atoms with Gasteiger partial charge in [0.2, 0.25) is 0 Å². The van der Waals surface area contributed by atoms with Crippen molar-refractivity contribution in [1.82, 2.24) is 0 Å². The van der Waals surface area contributed by atoms with E-state index in [-0.39, 0.29) is 17.0 Å². The van der Waals surface area contributed by atoms with Crippen LogP contribution >= 0.6 is 0 Å². The molecule has 0 aromatic heterocycles. The monoisotopic (exact) mass is 298 g/mol. The third-order valence-electron chi connectivity index (χ3n) is 4.92. The molecule has 1 aromatic carbocycles. The summed E-state index contributed by atoms with van der Waals surface area (Å²) in [5.41, 5.74) is 0.0205. The van der Waals surface area contributed by atoms with Crippen LogP contribution in [0.25, 0.3) is 0 Å². The highest BCUT2D eigenvalue weighted by atomic mass is 19.2. The van der Waals surface area contributed by atoms with Crippen LogP contribution in [-0.4, -0.2) is 0 Å². The second-order valence-corrected chi connectivity index (χ2v) is 6.41. The van der Waals surface area contributed by atoms with Gasteiger partial charge < -0.3 is 0 Å². The molecule has 1 fully saturated rings. The minimum absolute atomic E-state index is 0.0305. The van der Waals surface area contributed by atoms with Gasteiger partial charge in [0.1, 0.15) is 5.82 Å². The van der Waals surface area contributed by atoms with E-state index in [2.05, 4.69) is 6.92 Å². The van der Waals surface area contributed by atoms with Crippen molar-refractivity contribution in [2.24, 2.45) is 5.92 Å². The van der Waals surface area contributed by atoms with E-state index in [1.807, 2.05) is 0 Å². The predicted octanol–water partition coefficient (Wildman–Crippen LogP) is 6.27. The van der Waals surface area contributed by atoms with Crippen LogP contribution < -0.4 is 0 Å². The van der Waals surface area contributed by atoms with E-state index in [1.54, 1.807) is 0 Å². The van der Waals surface area contributed by atoms with E-state index in [9.17, 15) is 13.2 Å². The molecule has 0 unspecified atom stereocenters. The number of unbranched alkanes of at least 4 members (excludes halogenated alkanes) is 2. The van der Waals surface area contributed by atoms with Crippen molar-refractivity contribution < 1.29 is 13.2 Å². The normalized spacial score (nSPS) is 22.5. The van der Waals surface area contributed by atoms with Crippen LogP contribution in [0.5, 0.6) is 0 Å². The molecule has 0 bridgehead atoms. The lowest BCUT2D eigenvalue weighted by atomic mass is 9.76. The summed E-state index contributed by atoms with van der Waals surface area (Å²) in [5.74, 6) is -1.82. The molecule has 118 valence electrons. The lowest BCUT2D eigenvalue weighted by Crippen LogP contribution is -2.15. The molecule has 0 heterocycles. The topological polar surface area (TPSA) is 0 Å². The lowest BCUT2D eigenvalue weighted by Gasteiger charge is -2.29. The van der Waals surface area contributed by atoms with Crippen molar-refractivity contribution in [3.8, 4) is 0 Å². The van der Waals surface area contributed by atoms with Crippen LogP contribution in [0, 0.1) is 30.3 Å². The van der Waals surface area contributed by atoms with E-state index >= 15 is 0 Å². The molecule has 0 spiro atoms. The first-order valence-electron chi connectivity index (χ1n) is 8.18. The molecular formula is C18H25F3. The first-order valence-corrected chi connectivity index (χ1v) is 8.18. The Kier molecular flexibility index (Phi) is 5.72. The van der Waals surface area contributed by atoms with E-state index in [0.717, 1.165) is 25.7 Å². The summed E-state index contributed by atoms with van der Waals surface area (Å²) in [6, 6.07) is 1.20. The molecule has 2 rings (SSSR count). The van der Waals surface area contributed by atoms with Gasteiger partial charge in [0.25, 0.3) is 0 Å². The van der Waals surface area contributed by atoms with Gasteiger partial charge in [-0.3, -0.25) is 0 Å². The first-order chi connectivity index (χ1) is 10.0. The second kappa shape index (κ2) is 7.33. The molecule has 1 aliphatic rings. The van der Waals surface area contributed by atoms with Crippen molar-refractivity contribution in [1.29, 1.82) is 0 Å². The summed E-state index contributed by atoms with van der Waals surface area (Å²) in [5, 5.41) is 0. The van der Waals surface area contributed by atoms with Gasteiger partial charge in [-0.25, -0.2) is 13.2 Å². The minimum Gasteiger partial charge on any atom is -0.207 e. The fourth-order valence-electron chi connectivity index (χ4n) is 3.45. The van der Waals surface area contributed by atoms with E-state index in [4.69, 9.17) is 0 Å². The third kappa shape index (κ3) is 3.81. The Hall–Kier alpha value is -0.990. The molecule has 0 atom stereocenters. The molecule has 1 aromatic rings. The van der Waals surface area contributed by atoms with Gasteiger partial charge in [0.05, 0.1) is 0 Å². The Bertz CT molecular complexity index is 474. The smallest absolute Gasteiger partial charge is 0.164 e.